The Morgan fingerprint density at radius 2 is 1.06 bits per heavy atom. The van der Waals surface area contributed by atoms with E-state index < -0.39 is 0 Å². The average Bonchev–Trinajstić information content (AvgIpc) is 2.81. The Hall–Kier alpha value is -3.21. The molecule has 5 heteroatoms. The summed E-state index contributed by atoms with van der Waals surface area (Å²) in [6.07, 6.45) is 5.25. The zero-order valence-corrected chi connectivity index (χ0v) is 19.7. The Morgan fingerprint density at radius 1 is 0.719 bits per heavy atom. The summed E-state index contributed by atoms with van der Waals surface area (Å²) in [5, 5.41) is 0. The number of hydrogen-bond acceptors (Lipinski definition) is 5. The van der Waals surface area contributed by atoms with Crippen LogP contribution in [0.2, 0.25) is 0 Å². The topological polar surface area (TPSA) is 54.0 Å². The van der Waals surface area contributed by atoms with Gasteiger partial charge in [0.15, 0.2) is 5.78 Å². The maximum Gasteiger partial charge on any atom is 0.185 e. The number of carbonyl (C=O) groups is 1. The van der Waals surface area contributed by atoms with Crippen LogP contribution in [-0.4, -0.2) is 34.2 Å². The summed E-state index contributed by atoms with van der Waals surface area (Å²) in [7, 11) is 6.48. The third kappa shape index (κ3) is 4.82. The summed E-state index contributed by atoms with van der Waals surface area (Å²) in [6.45, 7) is 4.39. The molecule has 0 unspecified atom stereocenters. The van der Waals surface area contributed by atoms with E-state index in [1.54, 1.807) is 28.4 Å². The van der Waals surface area contributed by atoms with Crippen molar-refractivity contribution in [1.82, 2.24) is 0 Å². The van der Waals surface area contributed by atoms with E-state index in [1.165, 1.54) is 0 Å². The molecule has 2 aromatic carbocycles. The van der Waals surface area contributed by atoms with Crippen molar-refractivity contribution < 1.29 is 23.7 Å². The van der Waals surface area contributed by atoms with E-state index in [-0.39, 0.29) is 5.78 Å². The lowest BCUT2D eigenvalue weighted by molar-refractivity contribution is -0.113. The van der Waals surface area contributed by atoms with Crippen LogP contribution in [0.15, 0.2) is 47.5 Å². The first-order valence-electron chi connectivity index (χ1n) is 10.8. The summed E-state index contributed by atoms with van der Waals surface area (Å²) in [6, 6.07) is 11.2. The summed E-state index contributed by atoms with van der Waals surface area (Å²) in [4.78, 5) is 13.6. The quantitative estimate of drug-likeness (QED) is 0.512. The Kier molecular flexibility index (Phi) is 7.62. The van der Waals surface area contributed by atoms with Gasteiger partial charge in [-0.1, -0.05) is 26.0 Å². The number of ketones is 1. The van der Waals surface area contributed by atoms with Crippen LogP contribution in [-0.2, 0) is 4.79 Å². The molecule has 0 N–H and O–H groups in total. The smallest absolute Gasteiger partial charge is 0.185 e. The van der Waals surface area contributed by atoms with Crippen LogP contribution in [0.1, 0.15) is 37.8 Å². The monoisotopic (exact) mass is 436 g/mol. The lowest BCUT2D eigenvalue weighted by Gasteiger charge is -2.29. The summed E-state index contributed by atoms with van der Waals surface area (Å²) in [5.41, 5.74) is 3.05. The van der Waals surface area contributed by atoms with Gasteiger partial charge in [0, 0.05) is 11.1 Å². The molecular formula is C27H32O5. The van der Waals surface area contributed by atoms with E-state index in [2.05, 4.69) is 13.8 Å². The van der Waals surface area contributed by atoms with Crippen LogP contribution in [0, 0.1) is 11.8 Å². The second kappa shape index (κ2) is 10.4. The first-order chi connectivity index (χ1) is 15.4. The number of ether oxygens (including phenoxy) is 4. The molecule has 1 aliphatic rings. The van der Waals surface area contributed by atoms with Crippen LogP contribution in [0.5, 0.6) is 23.0 Å². The Morgan fingerprint density at radius 3 is 1.34 bits per heavy atom. The predicted octanol–water partition coefficient (Wildman–Crippen LogP) is 5.82. The molecule has 1 aliphatic carbocycles. The first kappa shape index (κ1) is 23.5. The minimum atomic E-state index is 0.0304. The highest BCUT2D eigenvalue weighted by atomic mass is 16.5. The molecule has 0 aliphatic heterocycles. The van der Waals surface area contributed by atoms with E-state index in [9.17, 15) is 4.79 Å². The van der Waals surface area contributed by atoms with Crippen molar-refractivity contribution in [3.05, 3.63) is 58.7 Å². The number of benzene rings is 2. The van der Waals surface area contributed by atoms with Crippen molar-refractivity contribution in [2.45, 2.75) is 26.7 Å². The summed E-state index contributed by atoms with van der Waals surface area (Å²) < 4.78 is 22.2. The van der Waals surface area contributed by atoms with Gasteiger partial charge in [-0.05, 0) is 61.1 Å². The predicted molar refractivity (Wildman–Crippen MR) is 128 cm³/mol. The fraction of sp³-hybridized carbons (Fsp3) is 0.370. The maximum atomic E-state index is 13.6. The van der Waals surface area contributed by atoms with E-state index in [0.29, 0.717) is 47.7 Å². The van der Waals surface area contributed by atoms with Gasteiger partial charge in [0.05, 0.1) is 39.6 Å². The Labute approximate surface area is 190 Å². The number of allylic oxidation sites excluding steroid dienone is 2. The lowest BCUT2D eigenvalue weighted by Crippen LogP contribution is -2.23. The van der Waals surface area contributed by atoms with Crippen molar-refractivity contribution >= 4 is 17.9 Å². The van der Waals surface area contributed by atoms with Crippen LogP contribution >= 0.6 is 0 Å². The molecule has 5 nitrogen and oxygen atoms in total. The number of hydrogen-bond donors (Lipinski definition) is 0. The average molecular weight is 437 g/mol. The molecule has 3 rings (SSSR count). The second-order valence-corrected chi connectivity index (χ2v) is 8.23. The van der Waals surface area contributed by atoms with Gasteiger partial charge in [0.1, 0.15) is 23.0 Å². The normalized spacial score (nSPS) is 18.8. The van der Waals surface area contributed by atoms with Gasteiger partial charge < -0.3 is 18.9 Å². The molecule has 0 atom stereocenters. The van der Waals surface area contributed by atoms with E-state index in [0.717, 1.165) is 22.3 Å². The van der Waals surface area contributed by atoms with E-state index in [4.69, 9.17) is 18.9 Å². The van der Waals surface area contributed by atoms with Crippen molar-refractivity contribution in [3.8, 4) is 23.0 Å². The van der Waals surface area contributed by atoms with Crippen molar-refractivity contribution in [3.63, 3.8) is 0 Å². The number of methoxy groups -OCH3 is 4. The third-order valence-electron chi connectivity index (χ3n) is 6.06. The van der Waals surface area contributed by atoms with Crippen molar-refractivity contribution in [2.75, 3.05) is 28.4 Å². The van der Waals surface area contributed by atoms with Gasteiger partial charge in [-0.3, -0.25) is 4.79 Å². The second-order valence-electron chi connectivity index (χ2n) is 8.23. The first-order valence-corrected chi connectivity index (χ1v) is 10.8. The Bertz CT molecular complexity index is 910. The molecule has 2 aromatic rings. The van der Waals surface area contributed by atoms with Crippen LogP contribution in [0.4, 0.5) is 0 Å². The fourth-order valence-electron chi connectivity index (χ4n) is 4.14. The minimum absolute atomic E-state index is 0.0304. The lowest BCUT2D eigenvalue weighted by atomic mass is 9.75. The molecule has 170 valence electrons. The van der Waals surface area contributed by atoms with Gasteiger partial charge in [-0.25, -0.2) is 0 Å². The molecule has 0 saturated heterocycles. The van der Waals surface area contributed by atoms with Crippen molar-refractivity contribution in [1.29, 1.82) is 0 Å². The van der Waals surface area contributed by atoms with Gasteiger partial charge in [0.25, 0.3) is 0 Å². The van der Waals surface area contributed by atoms with Crippen molar-refractivity contribution in [2.24, 2.45) is 11.8 Å². The molecule has 32 heavy (non-hydrogen) atoms. The third-order valence-corrected chi connectivity index (χ3v) is 6.06. The maximum absolute atomic E-state index is 13.6. The zero-order chi connectivity index (χ0) is 23.3. The molecule has 0 radical (unpaired) electrons. The van der Waals surface area contributed by atoms with Gasteiger partial charge in [-0.2, -0.15) is 0 Å². The summed E-state index contributed by atoms with van der Waals surface area (Å²) in [5.74, 6) is 3.49. The van der Waals surface area contributed by atoms with Gasteiger partial charge in [-0.15, -0.1) is 0 Å². The highest BCUT2D eigenvalue weighted by Crippen LogP contribution is 2.40. The van der Waals surface area contributed by atoms with Crippen LogP contribution < -0.4 is 18.9 Å². The standard InChI is InChI=1S/C27H32O5/c1-17(2)18-13-19(15-21-23(29-3)9-7-10-24(21)30-4)27(28)20(14-18)16-22-25(31-5)11-8-12-26(22)32-6/h7-12,15-18H,13-14H2,1-6H3/b19-15+,20-16+. The number of Topliss-reactive ketones (excluding diaryl/α,β-unsaturated/α-hetero) is 1. The molecule has 1 saturated carbocycles. The summed E-state index contributed by atoms with van der Waals surface area (Å²) >= 11 is 0. The fourth-order valence-corrected chi connectivity index (χ4v) is 4.14. The molecule has 1 fully saturated rings. The number of rotatable bonds is 7. The number of carbonyl (C=O) groups excluding carboxylic acids is 1. The molecule has 0 bridgehead atoms. The van der Waals surface area contributed by atoms with Crippen LogP contribution in [0.3, 0.4) is 0 Å². The highest BCUT2D eigenvalue weighted by molar-refractivity contribution is 6.14. The van der Waals surface area contributed by atoms with Gasteiger partial charge in [0.2, 0.25) is 0 Å². The Balaban J connectivity index is 2.14. The van der Waals surface area contributed by atoms with Gasteiger partial charge >= 0.3 is 0 Å². The zero-order valence-electron chi connectivity index (χ0n) is 19.7. The largest absolute Gasteiger partial charge is 0.496 e. The molecule has 0 amide bonds. The molecule has 0 aromatic heterocycles. The van der Waals surface area contributed by atoms with E-state index >= 15 is 0 Å². The molecule has 0 heterocycles. The van der Waals surface area contributed by atoms with E-state index in [1.807, 2.05) is 48.6 Å². The highest BCUT2D eigenvalue weighted by Gasteiger charge is 2.30. The molecular weight excluding hydrogens is 404 g/mol. The molecule has 0 spiro atoms. The SMILES string of the molecule is COc1cccc(OC)c1/C=C1\CC(C(C)C)C/C(=C\c2c(OC)cccc2OC)C1=O. The minimum Gasteiger partial charge on any atom is -0.496 e. The van der Waals surface area contributed by atoms with Crippen LogP contribution in [0.25, 0.3) is 12.2 Å².